The minimum Gasteiger partial charge on any atom is -0.368 e. The molecule has 4 aliphatic rings. The number of nitrogens with one attached hydrogen (secondary N) is 1. The van der Waals surface area contributed by atoms with Gasteiger partial charge in [-0.1, -0.05) is 39.0 Å². The zero-order valence-electron chi connectivity index (χ0n) is 20.7. The van der Waals surface area contributed by atoms with Gasteiger partial charge in [0.1, 0.15) is 6.61 Å². The Balaban J connectivity index is 1.28. The van der Waals surface area contributed by atoms with Crippen LogP contribution in [0.25, 0.3) is 0 Å². The number of carbonyl (C=O) groups excluding carboxylic acids is 2. The lowest BCUT2D eigenvalue weighted by Crippen LogP contribution is -2.61. The van der Waals surface area contributed by atoms with Crippen LogP contribution in [0.15, 0.2) is 30.3 Å². The van der Waals surface area contributed by atoms with Crippen molar-refractivity contribution >= 4 is 17.5 Å². The molecule has 0 radical (unpaired) electrons. The van der Waals surface area contributed by atoms with Gasteiger partial charge in [-0.15, -0.1) is 0 Å². The molecule has 5 nitrogen and oxygen atoms in total. The van der Waals surface area contributed by atoms with Gasteiger partial charge in [0.2, 0.25) is 11.8 Å². The van der Waals surface area contributed by atoms with Gasteiger partial charge < -0.3 is 15.0 Å². The highest BCUT2D eigenvalue weighted by Crippen LogP contribution is 2.66. The van der Waals surface area contributed by atoms with Crippen molar-refractivity contribution in [2.24, 2.45) is 34.5 Å². The number of ether oxygens (including phenoxy) is 1. The van der Waals surface area contributed by atoms with E-state index in [0.29, 0.717) is 42.0 Å². The minimum atomic E-state index is -0.0722. The number of amides is 2. The van der Waals surface area contributed by atoms with Gasteiger partial charge in [-0.3, -0.25) is 9.59 Å². The normalized spacial score (nSPS) is 42.3. The molecule has 1 aromatic rings. The van der Waals surface area contributed by atoms with Crippen LogP contribution in [0.2, 0.25) is 0 Å². The summed E-state index contributed by atoms with van der Waals surface area (Å²) in [7, 11) is 2.03. The second-order valence-electron chi connectivity index (χ2n) is 11.9. The van der Waals surface area contributed by atoms with Gasteiger partial charge in [0.05, 0.1) is 6.10 Å². The number of nitrogens with zero attached hydrogens (tertiary/aromatic N) is 1. The number of piperidine rings is 1. The third kappa shape index (κ3) is 3.71. The molecule has 1 aromatic carbocycles. The van der Waals surface area contributed by atoms with Crippen molar-refractivity contribution < 1.29 is 14.3 Å². The van der Waals surface area contributed by atoms with E-state index in [1.165, 1.54) is 19.3 Å². The van der Waals surface area contributed by atoms with Crippen molar-refractivity contribution in [1.82, 2.24) is 4.90 Å². The highest BCUT2D eigenvalue weighted by Gasteiger charge is 2.62. The van der Waals surface area contributed by atoms with Crippen molar-refractivity contribution in [3.8, 4) is 0 Å². The smallest absolute Gasteiger partial charge is 0.250 e. The molecule has 8 atom stereocenters. The Labute approximate surface area is 198 Å². The Morgan fingerprint density at radius 3 is 2.61 bits per heavy atom. The first-order valence-corrected chi connectivity index (χ1v) is 13.0. The highest BCUT2D eigenvalue weighted by atomic mass is 16.5. The third-order valence-electron chi connectivity index (χ3n) is 10.2. The largest absolute Gasteiger partial charge is 0.368 e. The summed E-state index contributed by atoms with van der Waals surface area (Å²) < 4.78 is 6.40. The van der Waals surface area contributed by atoms with Gasteiger partial charge in [0, 0.05) is 25.2 Å². The van der Waals surface area contributed by atoms with E-state index in [1.807, 2.05) is 37.4 Å². The maximum Gasteiger partial charge on any atom is 0.250 e. The molecule has 1 aliphatic heterocycles. The molecule has 1 N–H and O–H groups in total. The zero-order chi connectivity index (χ0) is 23.4. The predicted molar refractivity (Wildman–Crippen MR) is 130 cm³/mol. The fourth-order valence-corrected chi connectivity index (χ4v) is 8.71. The number of rotatable bonds is 4. The molecular formula is C28H40N2O3. The van der Waals surface area contributed by atoms with Gasteiger partial charge in [0.15, 0.2) is 0 Å². The van der Waals surface area contributed by atoms with Crippen LogP contribution in [0.5, 0.6) is 0 Å². The maximum absolute atomic E-state index is 12.6. The molecule has 3 aliphatic carbocycles. The summed E-state index contributed by atoms with van der Waals surface area (Å²) in [5.74, 6) is 2.77. The average Bonchev–Trinajstić information content (AvgIpc) is 3.05. The molecule has 4 fully saturated rings. The molecule has 180 valence electrons. The zero-order valence-corrected chi connectivity index (χ0v) is 20.7. The number of likely N-dealkylation sites (tertiary alicyclic amines) is 1. The number of para-hydroxylation sites is 1. The summed E-state index contributed by atoms with van der Waals surface area (Å²) >= 11 is 0. The quantitative estimate of drug-likeness (QED) is 0.690. The SMILES string of the molecule is CC1C[C@H]2[C@@H]3CC[C@H]4N(C)C(=O)CC[C@]4(C)[C@H]3CC[C@]2(C)[C@H]1OCC(=O)Nc1ccccc1. The van der Waals surface area contributed by atoms with Crippen LogP contribution < -0.4 is 5.32 Å². The monoisotopic (exact) mass is 452 g/mol. The van der Waals surface area contributed by atoms with E-state index >= 15 is 0 Å². The number of anilines is 1. The molecule has 33 heavy (non-hydrogen) atoms. The molecule has 0 bridgehead atoms. The second-order valence-corrected chi connectivity index (χ2v) is 11.9. The van der Waals surface area contributed by atoms with Crippen LogP contribution in [-0.2, 0) is 14.3 Å². The van der Waals surface area contributed by atoms with Crippen molar-refractivity contribution in [3.05, 3.63) is 30.3 Å². The Bertz CT molecular complexity index is 904. The number of fused-ring (bicyclic) bond motifs is 5. The van der Waals surface area contributed by atoms with Crippen LogP contribution in [0.4, 0.5) is 5.69 Å². The fourth-order valence-electron chi connectivity index (χ4n) is 8.71. The molecule has 0 spiro atoms. The van der Waals surface area contributed by atoms with Crippen LogP contribution in [-0.4, -0.2) is 42.5 Å². The second kappa shape index (κ2) is 8.41. The number of carbonyl (C=O) groups is 2. The molecule has 2 amide bonds. The first kappa shape index (κ1) is 22.9. The van der Waals surface area contributed by atoms with E-state index in [2.05, 4.69) is 31.0 Å². The van der Waals surface area contributed by atoms with E-state index in [1.54, 1.807) is 0 Å². The lowest BCUT2D eigenvalue weighted by Gasteiger charge is -2.61. The van der Waals surface area contributed by atoms with Crippen molar-refractivity contribution in [2.45, 2.75) is 77.9 Å². The molecule has 1 heterocycles. The summed E-state index contributed by atoms with van der Waals surface area (Å²) in [6, 6.07) is 10.0. The van der Waals surface area contributed by atoms with E-state index in [0.717, 1.165) is 24.9 Å². The van der Waals surface area contributed by atoms with Crippen molar-refractivity contribution in [1.29, 1.82) is 0 Å². The van der Waals surface area contributed by atoms with Gasteiger partial charge >= 0.3 is 0 Å². The average molecular weight is 453 g/mol. The molecule has 1 saturated heterocycles. The Morgan fingerprint density at radius 1 is 1.09 bits per heavy atom. The fraction of sp³-hybridized carbons (Fsp3) is 0.714. The molecule has 1 unspecified atom stereocenters. The summed E-state index contributed by atoms with van der Waals surface area (Å²) in [5, 5.41) is 2.96. The number of hydrogen-bond acceptors (Lipinski definition) is 3. The van der Waals surface area contributed by atoms with E-state index in [9.17, 15) is 9.59 Å². The lowest BCUT2D eigenvalue weighted by molar-refractivity contribution is -0.163. The minimum absolute atomic E-state index is 0.0722. The first-order valence-electron chi connectivity index (χ1n) is 13.0. The van der Waals surface area contributed by atoms with Crippen LogP contribution in [0, 0.1) is 34.5 Å². The standard InChI is InChI=1S/C28H40N2O3/c1-18-16-22-20-10-11-23-27(2,15-13-25(32)30(23)4)21(20)12-14-28(22,3)26(18)33-17-24(31)29-19-8-6-5-7-9-19/h5-9,18,20-23,26H,10-17H2,1-4H3,(H,29,31)/t18?,20-,21+,22+,23-,26+,27-,28+/m1/s1. The first-order chi connectivity index (χ1) is 15.7. The summed E-state index contributed by atoms with van der Waals surface area (Å²) in [5.41, 5.74) is 1.19. The van der Waals surface area contributed by atoms with Crippen molar-refractivity contribution in [2.75, 3.05) is 19.0 Å². The van der Waals surface area contributed by atoms with Crippen LogP contribution in [0.3, 0.4) is 0 Å². The highest BCUT2D eigenvalue weighted by molar-refractivity contribution is 5.91. The van der Waals surface area contributed by atoms with Gasteiger partial charge in [-0.05, 0) is 85.2 Å². The number of benzene rings is 1. The molecule has 5 rings (SSSR count). The summed E-state index contributed by atoms with van der Waals surface area (Å²) in [6.45, 7) is 7.34. The molecular weight excluding hydrogens is 412 g/mol. The lowest BCUT2D eigenvalue weighted by atomic mass is 9.47. The van der Waals surface area contributed by atoms with Gasteiger partial charge in [-0.25, -0.2) is 0 Å². The summed E-state index contributed by atoms with van der Waals surface area (Å²) in [4.78, 5) is 27.0. The molecule has 5 heteroatoms. The van der Waals surface area contributed by atoms with E-state index < -0.39 is 0 Å². The Kier molecular flexibility index (Phi) is 5.83. The van der Waals surface area contributed by atoms with E-state index in [4.69, 9.17) is 4.74 Å². The topological polar surface area (TPSA) is 58.6 Å². The Morgan fingerprint density at radius 2 is 1.85 bits per heavy atom. The molecule has 0 aromatic heterocycles. The van der Waals surface area contributed by atoms with Crippen LogP contribution >= 0.6 is 0 Å². The van der Waals surface area contributed by atoms with Gasteiger partial charge in [-0.2, -0.15) is 0 Å². The van der Waals surface area contributed by atoms with Crippen molar-refractivity contribution in [3.63, 3.8) is 0 Å². The van der Waals surface area contributed by atoms with E-state index in [-0.39, 0.29) is 29.4 Å². The van der Waals surface area contributed by atoms with Gasteiger partial charge in [0.25, 0.3) is 0 Å². The predicted octanol–water partition coefficient (Wildman–Crippen LogP) is 5.12. The summed E-state index contributed by atoms with van der Waals surface area (Å²) in [6.07, 6.45) is 7.80. The third-order valence-corrected chi connectivity index (χ3v) is 10.2. The maximum atomic E-state index is 12.6. The Hall–Kier alpha value is -1.88. The molecule has 3 saturated carbocycles. The number of hydrogen-bond donors (Lipinski definition) is 1. The van der Waals surface area contributed by atoms with Crippen LogP contribution in [0.1, 0.15) is 65.7 Å².